The number of hydrogen-bond acceptors (Lipinski definition) is 4. The van der Waals surface area contributed by atoms with Crippen LogP contribution in [-0.4, -0.2) is 54.4 Å². The molecule has 1 aliphatic rings. The van der Waals surface area contributed by atoms with E-state index < -0.39 is 16.1 Å². The van der Waals surface area contributed by atoms with E-state index >= 15 is 0 Å². The van der Waals surface area contributed by atoms with Crippen LogP contribution in [0, 0.1) is 0 Å². The lowest BCUT2D eigenvalue weighted by molar-refractivity contribution is -0.135. The van der Waals surface area contributed by atoms with Gasteiger partial charge in [-0.2, -0.15) is 4.31 Å². The smallest absolute Gasteiger partial charge is 0.241 e. The van der Waals surface area contributed by atoms with Crippen LogP contribution in [-0.2, 0) is 21.4 Å². The molecule has 0 aliphatic carbocycles. The van der Waals surface area contributed by atoms with Gasteiger partial charge >= 0.3 is 0 Å². The number of rotatable bonds is 4. The second-order valence-corrected chi connectivity index (χ2v) is 7.37. The Morgan fingerprint density at radius 2 is 2.05 bits per heavy atom. The average molecular weight is 311 g/mol. The molecule has 0 aromatic carbocycles. The molecule has 2 heterocycles. The fourth-order valence-corrected chi connectivity index (χ4v) is 3.76. The largest absolute Gasteiger partial charge is 0.340 e. The topological polar surface area (TPSA) is 70.6 Å². The molecule has 116 valence electrons. The molecule has 1 amide bonds. The average Bonchev–Trinajstić information content (AvgIpc) is 2.46. The zero-order valence-electron chi connectivity index (χ0n) is 12.4. The van der Waals surface area contributed by atoms with Gasteiger partial charge in [0.25, 0.3) is 0 Å². The lowest BCUT2D eigenvalue weighted by atomic mass is 10.0. The van der Waals surface area contributed by atoms with Crippen LogP contribution in [0.15, 0.2) is 24.5 Å². The Hall–Kier alpha value is -1.47. The van der Waals surface area contributed by atoms with Crippen molar-refractivity contribution < 1.29 is 13.2 Å². The van der Waals surface area contributed by atoms with Crippen LogP contribution < -0.4 is 0 Å². The molecule has 1 aromatic rings. The first kappa shape index (κ1) is 15.9. The van der Waals surface area contributed by atoms with E-state index in [4.69, 9.17) is 0 Å². The van der Waals surface area contributed by atoms with Crippen molar-refractivity contribution in [3.05, 3.63) is 30.1 Å². The van der Waals surface area contributed by atoms with Gasteiger partial charge in [0.05, 0.1) is 6.26 Å². The van der Waals surface area contributed by atoms with E-state index in [9.17, 15) is 13.2 Å². The number of aromatic nitrogens is 1. The predicted molar refractivity (Wildman–Crippen MR) is 79.9 cm³/mol. The quantitative estimate of drug-likeness (QED) is 0.827. The molecule has 0 bridgehead atoms. The summed E-state index contributed by atoms with van der Waals surface area (Å²) in [6, 6.07) is 3.12. The number of carbonyl (C=O) groups excluding carboxylic acids is 1. The first-order chi connectivity index (χ1) is 9.89. The van der Waals surface area contributed by atoms with Crippen LogP contribution in [0.3, 0.4) is 0 Å². The molecular weight excluding hydrogens is 290 g/mol. The van der Waals surface area contributed by atoms with E-state index in [1.54, 1.807) is 24.3 Å². The van der Waals surface area contributed by atoms with Gasteiger partial charge < -0.3 is 4.90 Å². The molecule has 7 heteroatoms. The van der Waals surface area contributed by atoms with Crippen molar-refractivity contribution in [3.8, 4) is 0 Å². The lowest BCUT2D eigenvalue weighted by Gasteiger charge is -2.35. The van der Waals surface area contributed by atoms with Crippen molar-refractivity contribution in [2.45, 2.75) is 31.8 Å². The number of carbonyl (C=O) groups is 1. The van der Waals surface area contributed by atoms with Crippen molar-refractivity contribution in [2.24, 2.45) is 0 Å². The van der Waals surface area contributed by atoms with E-state index in [-0.39, 0.29) is 5.91 Å². The van der Waals surface area contributed by atoms with Crippen LogP contribution in [0.4, 0.5) is 0 Å². The Morgan fingerprint density at radius 3 is 2.67 bits per heavy atom. The van der Waals surface area contributed by atoms with Gasteiger partial charge in [0, 0.05) is 32.5 Å². The van der Waals surface area contributed by atoms with Gasteiger partial charge in [-0.3, -0.25) is 9.78 Å². The second-order valence-electron chi connectivity index (χ2n) is 5.44. The van der Waals surface area contributed by atoms with Crippen LogP contribution in [0.5, 0.6) is 0 Å². The molecule has 0 unspecified atom stereocenters. The van der Waals surface area contributed by atoms with Crippen LogP contribution in [0.2, 0.25) is 0 Å². The van der Waals surface area contributed by atoms with Gasteiger partial charge in [0.2, 0.25) is 15.9 Å². The van der Waals surface area contributed by atoms with Gasteiger partial charge in [-0.05, 0) is 30.5 Å². The highest BCUT2D eigenvalue weighted by atomic mass is 32.2. The van der Waals surface area contributed by atoms with Gasteiger partial charge in [-0.1, -0.05) is 6.42 Å². The Bertz CT molecular complexity index is 589. The number of sulfonamides is 1. The molecule has 6 nitrogen and oxygen atoms in total. The lowest BCUT2D eigenvalue weighted by Crippen LogP contribution is -2.51. The Balaban J connectivity index is 2.10. The summed E-state index contributed by atoms with van der Waals surface area (Å²) in [7, 11) is -1.64. The van der Waals surface area contributed by atoms with Crippen molar-refractivity contribution in [3.63, 3.8) is 0 Å². The number of pyridine rings is 1. The fourth-order valence-electron chi connectivity index (χ4n) is 2.64. The minimum absolute atomic E-state index is 0.142. The minimum Gasteiger partial charge on any atom is -0.340 e. The summed E-state index contributed by atoms with van der Waals surface area (Å²) in [5.41, 5.74) is 0.975. The second kappa shape index (κ2) is 6.53. The van der Waals surface area contributed by atoms with Crippen molar-refractivity contribution in [2.75, 3.05) is 19.8 Å². The van der Waals surface area contributed by atoms with E-state index in [1.807, 2.05) is 12.1 Å². The zero-order chi connectivity index (χ0) is 15.5. The minimum atomic E-state index is -3.35. The van der Waals surface area contributed by atoms with E-state index in [0.29, 0.717) is 19.5 Å². The molecule has 0 saturated carbocycles. The predicted octanol–water partition coefficient (Wildman–Crippen LogP) is 0.854. The molecule has 0 radical (unpaired) electrons. The van der Waals surface area contributed by atoms with E-state index in [1.165, 1.54) is 10.6 Å². The van der Waals surface area contributed by atoms with Crippen molar-refractivity contribution >= 4 is 15.9 Å². The number of nitrogens with zero attached hydrogens (tertiary/aromatic N) is 3. The normalized spacial score (nSPS) is 20.2. The van der Waals surface area contributed by atoms with Crippen molar-refractivity contribution in [1.29, 1.82) is 0 Å². The highest BCUT2D eigenvalue weighted by Crippen LogP contribution is 2.21. The van der Waals surface area contributed by atoms with Crippen LogP contribution >= 0.6 is 0 Å². The highest BCUT2D eigenvalue weighted by molar-refractivity contribution is 7.88. The van der Waals surface area contributed by atoms with Gasteiger partial charge in [-0.15, -0.1) is 0 Å². The monoisotopic (exact) mass is 311 g/mol. The molecule has 1 aromatic heterocycles. The Morgan fingerprint density at radius 1 is 1.38 bits per heavy atom. The summed E-state index contributed by atoms with van der Waals surface area (Å²) in [6.45, 7) is 0.883. The highest BCUT2D eigenvalue weighted by Gasteiger charge is 2.35. The zero-order valence-corrected chi connectivity index (χ0v) is 13.2. The molecule has 1 saturated heterocycles. The van der Waals surface area contributed by atoms with E-state index in [2.05, 4.69) is 4.98 Å². The molecule has 21 heavy (non-hydrogen) atoms. The molecular formula is C14H21N3O3S. The maximum atomic E-state index is 12.6. The molecule has 1 fully saturated rings. The standard InChI is InChI=1S/C14H21N3O3S/c1-16(11-12-6-8-15-9-7-12)14(18)13-5-3-4-10-17(13)21(2,19)20/h6-9,13H,3-5,10-11H2,1-2H3/t13-/m1/s1. The van der Waals surface area contributed by atoms with Gasteiger partial charge in [-0.25, -0.2) is 8.42 Å². The maximum Gasteiger partial charge on any atom is 0.241 e. The number of likely N-dealkylation sites (N-methyl/N-ethyl adjacent to an activating group) is 1. The van der Waals surface area contributed by atoms with Crippen LogP contribution in [0.25, 0.3) is 0 Å². The molecule has 0 spiro atoms. The summed E-state index contributed by atoms with van der Waals surface area (Å²) in [6.07, 6.45) is 6.80. The number of hydrogen-bond donors (Lipinski definition) is 0. The maximum absolute atomic E-state index is 12.6. The number of piperidine rings is 1. The number of amides is 1. The van der Waals surface area contributed by atoms with Gasteiger partial charge in [0.15, 0.2) is 0 Å². The molecule has 1 atom stereocenters. The fraction of sp³-hybridized carbons (Fsp3) is 0.571. The Labute approximate surface area is 125 Å². The Kier molecular flexibility index (Phi) is 4.95. The summed E-state index contributed by atoms with van der Waals surface area (Å²) in [4.78, 5) is 18.1. The third kappa shape index (κ3) is 4.01. The third-order valence-electron chi connectivity index (χ3n) is 3.71. The van der Waals surface area contributed by atoms with E-state index in [0.717, 1.165) is 18.4 Å². The van der Waals surface area contributed by atoms with Crippen molar-refractivity contribution in [1.82, 2.24) is 14.2 Å². The third-order valence-corrected chi connectivity index (χ3v) is 5.00. The summed E-state index contributed by atoms with van der Waals surface area (Å²) < 4.78 is 25.0. The summed E-state index contributed by atoms with van der Waals surface area (Å²) >= 11 is 0. The SMILES string of the molecule is CN(Cc1ccncc1)C(=O)[C@H]1CCCCN1S(C)(=O)=O. The first-order valence-corrected chi connectivity index (χ1v) is 8.85. The molecule has 2 rings (SSSR count). The molecule has 1 aliphatic heterocycles. The summed E-state index contributed by atoms with van der Waals surface area (Å²) in [5.74, 6) is -0.142. The summed E-state index contributed by atoms with van der Waals surface area (Å²) in [5, 5.41) is 0. The van der Waals surface area contributed by atoms with Crippen LogP contribution in [0.1, 0.15) is 24.8 Å². The first-order valence-electron chi connectivity index (χ1n) is 7.00. The molecule has 0 N–H and O–H groups in total. The van der Waals surface area contributed by atoms with Gasteiger partial charge in [0.1, 0.15) is 6.04 Å².